The lowest BCUT2D eigenvalue weighted by atomic mass is 9.90. The number of rotatable bonds is 0. The standard InChI is InChI=1S/C25H15N2O2/c1-27-11-9-17-21(13-27)29-19-7-3-5-15-14-4-2-6-18-22(14)24(25(17)23(15)19)16-8-10-26-12-20(16)28-18/h2-13H,1H3/q+1. The molecular formula is C25H15N2O2+. The van der Waals surface area contributed by atoms with Crippen LogP contribution >= 0.6 is 0 Å². The van der Waals surface area contributed by atoms with Gasteiger partial charge in [-0.15, -0.1) is 0 Å². The molecule has 0 spiro atoms. The van der Waals surface area contributed by atoms with Crippen LogP contribution in [0.3, 0.4) is 0 Å². The van der Waals surface area contributed by atoms with Crippen LogP contribution in [0, 0.1) is 0 Å². The van der Waals surface area contributed by atoms with Crippen molar-refractivity contribution in [3.8, 4) is 0 Å². The molecule has 29 heavy (non-hydrogen) atoms. The molecule has 4 heterocycles. The minimum Gasteiger partial charge on any atom is -0.454 e. The number of fused-ring (bicyclic) bond motifs is 6. The molecule has 0 unspecified atom stereocenters. The molecule has 0 fully saturated rings. The largest absolute Gasteiger partial charge is 0.454 e. The Morgan fingerprint density at radius 3 is 2.03 bits per heavy atom. The van der Waals surface area contributed by atoms with E-state index in [-0.39, 0.29) is 0 Å². The highest BCUT2D eigenvalue weighted by atomic mass is 16.3. The van der Waals surface area contributed by atoms with E-state index in [1.165, 1.54) is 21.5 Å². The van der Waals surface area contributed by atoms with Crippen LogP contribution in [0.2, 0.25) is 0 Å². The normalized spacial score (nSPS) is 12.3. The average Bonchev–Trinajstić information content (AvgIpc) is 2.75. The smallest absolute Gasteiger partial charge is 0.212 e. The van der Waals surface area contributed by atoms with Crippen LogP contribution in [0.4, 0.5) is 0 Å². The van der Waals surface area contributed by atoms with Gasteiger partial charge >= 0.3 is 0 Å². The van der Waals surface area contributed by atoms with Gasteiger partial charge in [0.05, 0.1) is 6.20 Å². The first kappa shape index (κ1) is 15.1. The lowest BCUT2D eigenvalue weighted by molar-refractivity contribution is -0.670. The summed E-state index contributed by atoms with van der Waals surface area (Å²) in [7, 11) is 2.01. The molecule has 0 aliphatic heterocycles. The van der Waals surface area contributed by atoms with Crippen molar-refractivity contribution in [2.45, 2.75) is 0 Å². The van der Waals surface area contributed by atoms with Crippen molar-refractivity contribution in [1.29, 1.82) is 0 Å². The molecule has 4 nitrogen and oxygen atoms in total. The van der Waals surface area contributed by atoms with Crippen molar-refractivity contribution in [2.75, 3.05) is 0 Å². The summed E-state index contributed by atoms with van der Waals surface area (Å²) in [4.78, 5) is 4.29. The third kappa shape index (κ3) is 1.83. The minimum atomic E-state index is 0.787. The Labute approximate surface area is 164 Å². The lowest BCUT2D eigenvalue weighted by Crippen LogP contribution is -2.25. The van der Waals surface area contributed by atoms with Crippen molar-refractivity contribution < 1.29 is 13.4 Å². The summed E-state index contributed by atoms with van der Waals surface area (Å²) in [6, 6.07) is 16.7. The third-order valence-corrected chi connectivity index (χ3v) is 5.92. The van der Waals surface area contributed by atoms with E-state index in [4.69, 9.17) is 8.83 Å². The van der Waals surface area contributed by atoms with Crippen molar-refractivity contribution >= 4 is 65.4 Å². The number of nitrogens with zero attached hydrogens (tertiary/aromatic N) is 2. The molecule has 7 rings (SSSR count). The maximum Gasteiger partial charge on any atom is 0.212 e. The Morgan fingerprint density at radius 1 is 0.655 bits per heavy atom. The van der Waals surface area contributed by atoms with Gasteiger partial charge in [0.1, 0.15) is 18.2 Å². The highest BCUT2D eigenvalue weighted by molar-refractivity contribution is 6.39. The van der Waals surface area contributed by atoms with Gasteiger partial charge in [-0.2, -0.15) is 0 Å². The van der Waals surface area contributed by atoms with Crippen molar-refractivity contribution in [2.24, 2.45) is 7.05 Å². The summed E-state index contributed by atoms with van der Waals surface area (Å²) in [5, 5.41) is 9.21. The zero-order valence-electron chi connectivity index (χ0n) is 15.6. The fourth-order valence-electron chi connectivity index (χ4n) is 4.75. The number of aryl methyl sites for hydroxylation is 1. The molecule has 0 radical (unpaired) electrons. The molecule has 136 valence electrons. The van der Waals surface area contributed by atoms with Gasteiger partial charge in [0, 0.05) is 44.6 Å². The SMILES string of the molecule is C[n+]1ccc2c(c1)oc1cccc3c4cccc5oc6cnccc6c(c54)c2c13. The molecule has 7 aromatic rings. The van der Waals surface area contributed by atoms with Crippen molar-refractivity contribution in [1.82, 2.24) is 4.98 Å². The van der Waals surface area contributed by atoms with Gasteiger partial charge < -0.3 is 8.83 Å². The second kappa shape index (κ2) is 5.11. The molecular weight excluding hydrogens is 360 g/mol. The van der Waals surface area contributed by atoms with E-state index in [1.54, 1.807) is 6.20 Å². The topological polar surface area (TPSA) is 43.0 Å². The van der Waals surface area contributed by atoms with Gasteiger partial charge in [-0.3, -0.25) is 4.98 Å². The summed E-state index contributed by atoms with van der Waals surface area (Å²) < 4.78 is 14.6. The van der Waals surface area contributed by atoms with Crippen LogP contribution in [0.25, 0.3) is 65.4 Å². The summed E-state index contributed by atoms with van der Waals surface area (Å²) in [6.07, 6.45) is 7.73. The van der Waals surface area contributed by atoms with Gasteiger partial charge in [-0.05, 0) is 29.0 Å². The first-order chi connectivity index (χ1) is 14.3. The molecule has 0 aliphatic rings. The molecule has 0 atom stereocenters. The average molecular weight is 375 g/mol. The van der Waals surface area contributed by atoms with Crippen LogP contribution in [0.5, 0.6) is 0 Å². The van der Waals surface area contributed by atoms with E-state index in [2.05, 4.69) is 47.6 Å². The van der Waals surface area contributed by atoms with E-state index in [0.29, 0.717) is 0 Å². The Morgan fingerprint density at radius 2 is 1.31 bits per heavy atom. The minimum absolute atomic E-state index is 0.787. The molecule has 4 aromatic heterocycles. The maximum atomic E-state index is 6.35. The fraction of sp³-hybridized carbons (Fsp3) is 0.0400. The molecule has 0 saturated carbocycles. The van der Waals surface area contributed by atoms with Crippen molar-refractivity contribution in [3.05, 3.63) is 73.3 Å². The van der Waals surface area contributed by atoms with Gasteiger partial charge in [0.2, 0.25) is 6.20 Å². The number of pyridine rings is 2. The molecule has 3 aromatic carbocycles. The Hall–Kier alpha value is -3.92. The monoisotopic (exact) mass is 375 g/mol. The van der Waals surface area contributed by atoms with E-state index >= 15 is 0 Å². The Balaban J connectivity index is 1.99. The van der Waals surface area contributed by atoms with E-state index in [9.17, 15) is 0 Å². The molecule has 0 amide bonds. The Bertz CT molecular complexity index is 1770. The van der Waals surface area contributed by atoms with Gasteiger partial charge in [0.15, 0.2) is 17.4 Å². The van der Waals surface area contributed by atoms with Crippen LogP contribution in [0.1, 0.15) is 0 Å². The van der Waals surface area contributed by atoms with Gasteiger partial charge in [0.25, 0.3) is 0 Å². The first-order valence-electron chi connectivity index (χ1n) is 9.61. The van der Waals surface area contributed by atoms with E-state index in [1.807, 2.05) is 36.1 Å². The maximum absolute atomic E-state index is 6.35. The summed E-state index contributed by atoms with van der Waals surface area (Å²) in [5.74, 6) is 0. The number of aromatic nitrogens is 2. The van der Waals surface area contributed by atoms with Crippen LogP contribution in [-0.2, 0) is 7.05 Å². The molecule has 4 heteroatoms. The van der Waals surface area contributed by atoms with Crippen LogP contribution in [0.15, 0.2) is 82.2 Å². The molecule has 0 bridgehead atoms. The second-order valence-corrected chi connectivity index (χ2v) is 7.57. The molecule has 0 aliphatic carbocycles. The first-order valence-corrected chi connectivity index (χ1v) is 9.61. The quantitative estimate of drug-likeness (QED) is 0.185. The predicted molar refractivity (Wildman–Crippen MR) is 115 cm³/mol. The summed E-state index contributed by atoms with van der Waals surface area (Å²) in [6.45, 7) is 0. The Kier molecular flexibility index (Phi) is 2.66. The highest BCUT2D eigenvalue weighted by Gasteiger charge is 2.20. The zero-order valence-corrected chi connectivity index (χ0v) is 15.6. The van der Waals surface area contributed by atoms with E-state index in [0.717, 1.165) is 43.9 Å². The lowest BCUT2D eigenvalue weighted by Gasteiger charge is -2.16. The molecule has 0 saturated heterocycles. The summed E-state index contributed by atoms with van der Waals surface area (Å²) in [5.41, 5.74) is 3.42. The predicted octanol–water partition coefficient (Wildman–Crippen LogP) is 6.01. The highest BCUT2D eigenvalue weighted by Crippen LogP contribution is 2.45. The number of hydrogen-bond acceptors (Lipinski definition) is 3. The van der Waals surface area contributed by atoms with Crippen LogP contribution < -0.4 is 4.57 Å². The summed E-state index contributed by atoms with van der Waals surface area (Å²) >= 11 is 0. The number of benzene rings is 3. The van der Waals surface area contributed by atoms with Gasteiger partial charge in [-0.25, -0.2) is 4.57 Å². The van der Waals surface area contributed by atoms with Gasteiger partial charge in [-0.1, -0.05) is 24.3 Å². The second-order valence-electron chi connectivity index (χ2n) is 7.57. The third-order valence-electron chi connectivity index (χ3n) is 5.92. The van der Waals surface area contributed by atoms with Crippen LogP contribution in [-0.4, -0.2) is 4.98 Å². The molecule has 0 N–H and O–H groups in total. The van der Waals surface area contributed by atoms with E-state index < -0.39 is 0 Å². The van der Waals surface area contributed by atoms with Crippen molar-refractivity contribution in [3.63, 3.8) is 0 Å². The number of hydrogen-bond donors (Lipinski definition) is 0. The zero-order chi connectivity index (χ0) is 19.1. The fourth-order valence-corrected chi connectivity index (χ4v) is 4.75.